The number of fused-ring (bicyclic) bond motifs is 5. The maximum atomic E-state index is 13.4. The summed E-state index contributed by atoms with van der Waals surface area (Å²) in [4.78, 5) is 27.9. The minimum atomic E-state index is 0.229. The Morgan fingerprint density at radius 3 is 2.61 bits per heavy atom. The van der Waals surface area contributed by atoms with E-state index in [1.165, 1.54) is 60.7 Å². The molecular formula is C34H45N3O4. The van der Waals surface area contributed by atoms with Crippen LogP contribution in [-0.4, -0.2) is 55.3 Å². The van der Waals surface area contributed by atoms with Crippen molar-refractivity contribution < 1.29 is 19.3 Å². The quantitative estimate of drug-likeness (QED) is 0.208. The van der Waals surface area contributed by atoms with Crippen LogP contribution in [0.4, 0.5) is 5.69 Å². The highest BCUT2D eigenvalue weighted by molar-refractivity contribution is 5.95. The number of piperidine rings is 1. The number of ether oxygens (including phenoxy) is 1. The molecular weight excluding hydrogens is 514 g/mol. The van der Waals surface area contributed by atoms with Crippen LogP contribution in [0.3, 0.4) is 0 Å². The van der Waals surface area contributed by atoms with Gasteiger partial charge in [0, 0.05) is 36.1 Å². The molecule has 3 aromatic rings. The minimum Gasteiger partial charge on any atom is -0.489 e. The summed E-state index contributed by atoms with van der Waals surface area (Å²) < 4.78 is 9.11. The van der Waals surface area contributed by atoms with Crippen molar-refractivity contribution in [3.63, 3.8) is 0 Å². The van der Waals surface area contributed by atoms with E-state index < -0.39 is 0 Å². The largest absolute Gasteiger partial charge is 0.489 e. The zero-order valence-corrected chi connectivity index (χ0v) is 24.8. The molecule has 1 saturated carbocycles. The topological polar surface area (TPSA) is 56.2 Å². The van der Waals surface area contributed by atoms with Crippen LogP contribution in [0, 0.1) is 0 Å². The molecule has 3 heterocycles. The van der Waals surface area contributed by atoms with Crippen LogP contribution in [-0.2, 0) is 27.7 Å². The van der Waals surface area contributed by atoms with Gasteiger partial charge in [-0.2, -0.15) is 0 Å². The van der Waals surface area contributed by atoms with Crippen molar-refractivity contribution in [3.8, 4) is 17.0 Å². The molecule has 1 aromatic heterocycles. The molecule has 0 bridgehead atoms. The van der Waals surface area contributed by atoms with Gasteiger partial charge in [-0.1, -0.05) is 44.4 Å². The lowest BCUT2D eigenvalue weighted by Gasteiger charge is -2.32. The molecule has 2 aromatic carbocycles. The van der Waals surface area contributed by atoms with Crippen molar-refractivity contribution in [1.29, 1.82) is 0 Å². The van der Waals surface area contributed by atoms with Gasteiger partial charge in [-0.3, -0.25) is 4.79 Å². The van der Waals surface area contributed by atoms with E-state index in [1.54, 1.807) is 7.11 Å². The maximum absolute atomic E-state index is 13.4. The summed E-state index contributed by atoms with van der Waals surface area (Å²) in [6.07, 6.45) is 10.7. The average molecular weight is 560 g/mol. The smallest absolute Gasteiger partial charge is 0.242 e. The SMILES string of the molecule is CCCN(CC(=O)N1CCCCC1)c1cccc2c1OCCn1c-2c(C2CCCCC2)c2ccc(COOC)cc21. The molecule has 41 heavy (non-hydrogen) atoms. The highest BCUT2D eigenvalue weighted by Crippen LogP contribution is 2.49. The summed E-state index contributed by atoms with van der Waals surface area (Å²) in [6.45, 7) is 6.95. The van der Waals surface area contributed by atoms with Gasteiger partial charge in [-0.25, -0.2) is 9.78 Å². The predicted octanol–water partition coefficient (Wildman–Crippen LogP) is 7.06. The molecule has 220 valence electrons. The number of hydrogen-bond donors (Lipinski definition) is 0. The Hall–Kier alpha value is -3.03. The van der Waals surface area contributed by atoms with Gasteiger partial charge in [0.25, 0.3) is 0 Å². The number of para-hydroxylation sites is 1. The number of anilines is 1. The summed E-state index contributed by atoms with van der Waals surface area (Å²) in [5.41, 5.74) is 7.29. The summed E-state index contributed by atoms with van der Waals surface area (Å²) in [5, 5.41) is 1.34. The molecule has 7 nitrogen and oxygen atoms in total. The van der Waals surface area contributed by atoms with Crippen LogP contribution < -0.4 is 9.64 Å². The van der Waals surface area contributed by atoms with Crippen molar-refractivity contribution in [2.24, 2.45) is 0 Å². The van der Waals surface area contributed by atoms with E-state index in [0.717, 1.165) is 68.0 Å². The minimum absolute atomic E-state index is 0.229. The zero-order valence-electron chi connectivity index (χ0n) is 24.8. The van der Waals surface area contributed by atoms with Crippen molar-refractivity contribution in [2.45, 2.75) is 83.8 Å². The Kier molecular flexibility index (Phi) is 8.82. The molecule has 1 saturated heterocycles. The molecule has 7 heteroatoms. The number of carbonyl (C=O) groups excluding carboxylic acids is 1. The third kappa shape index (κ3) is 5.71. The molecule has 6 rings (SSSR count). The van der Waals surface area contributed by atoms with Crippen LogP contribution in [0.5, 0.6) is 5.75 Å². The van der Waals surface area contributed by atoms with Gasteiger partial charge in [0.05, 0.1) is 31.6 Å². The molecule has 3 aliphatic rings. The van der Waals surface area contributed by atoms with Crippen LogP contribution in [0.15, 0.2) is 36.4 Å². The van der Waals surface area contributed by atoms with E-state index in [-0.39, 0.29) is 5.91 Å². The zero-order chi connectivity index (χ0) is 28.2. The Balaban J connectivity index is 1.46. The molecule has 1 amide bonds. The van der Waals surface area contributed by atoms with Crippen LogP contribution >= 0.6 is 0 Å². The second-order valence-corrected chi connectivity index (χ2v) is 11.9. The van der Waals surface area contributed by atoms with E-state index in [0.29, 0.717) is 25.7 Å². The first-order valence-electron chi connectivity index (χ1n) is 15.8. The third-order valence-corrected chi connectivity index (χ3v) is 9.20. The highest BCUT2D eigenvalue weighted by Gasteiger charge is 2.31. The number of likely N-dealkylation sites (tertiary alicyclic amines) is 1. The number of amides is 1. The number of hydrogen-bond acceptors (Lipinski definition) is 5. The fourth-order valence-electron chi connectivity index (χ4n) is 7.28. The number of nitrogens with zero attached hydrogens (tertiary/aromatic N) is 3. The number of benzene rings is 2. The monoisotopic (exact) mass is 559 g/mol. The van der Waals surface area contributed by atoms with Gasteiger partial charge in [0.2, 0.25) is 5.91 Å². The van der Waals surface area contributed by atoms with E-state index >= 15 is 0 Å². The van der Waals surface area contributed by atoms with Gasteiger partial charge in [-0.15, -0.1) is 0 Å². The van der Waals surface area contributed by atoms with Gasteiger partial charge in [-0.05, 0) is 73.8 Å². The first-order valence-corrected chi connectivity index (χ1v) is 15.8. The van der Waals surface area contributed by atoms with Crippen molar-refractivity contribution in [1.82, 2.24) is 9.47 Å². The van der Waals surface area contributed by atoms with Crippen LogP contribution in [0.2, 0.25) is 0 Å². The van der Waals surface area contributed by atoms with Crippen molar-refractivity contribution in [2.75, 3.05) is 44.8 Å². The molecule has 0 atom stereocenters. The summed E-state index contributed by atoms with van der Waals surface area (Å²) in [5.74, 6) is 1.69. The predicted molar refractivity (Wildman–Crippen MR) is 163 cm³/mol. The van der Waals surface area contributed by atoms with Gasteiger partial charge in [0.1, 0.15) is 13.2 Å². The first kappa shape index (κ1) is 28.1. The van der Waals surface area contributed by atoms with E-state index in [9.17, 15) is 4.79 Å². The van der Waals surface area contributed by atoms with Gasteiger partial charge < -0.3 is 19.1 Å². The number of carbonyl (C=O) groups is 1. The molecule has 2 fully saturated rings. The van der Waals surface area contributed by atoms with Crippen LogP contribution in [0.1, 0.15) is 81.8 Å². The lowest BCUT2D eigenvalue weighted by molar-refractivity contribution is -0.282. The average Bonchev–Trinajstić information content (AvgIpc) is 3.20. The summed E-state index contributed by atoms with van der Waals surface area (Å²) in [7, 11) is 1.55. The Morgan fingerprint density at radius 1 is 1.02 bits per heavy atom. The lowest BCUT2D eigenvalue weighted by Crippen LogP contribution is -2.43. The fraction of sp³-hybridized carbons (Fsp3) is 0.559. The Labute approximate surface area is 244 Å². The Morgan fingerprint density at radius 2 is 1.83 bits per heavy atom. The summed E-state index contributed by atoms with van der Waals surface area (Å²) in [6, 6.07) is 13.3. The summed E-state index contributed by atoms with van der Waals surface area (Å²) >= 11 is 0. The van der Waals surface area contributed by atoms with Gasteiger partial charge >= 0.3 is 0 Å². The third-order valence-electron chi connectivity index (χ3n) is 9.20. The maximum Gasteiger partial charge on any atom is 0.242 e. The molecule has 2 aliphatic heterocycles. The first-order chi connectivity index (χ1) is 20.2. The molecule has 0 radical (unpaired) electrons. The second-order valence-electron chi connectivity index (χ2n) is 11.9. The van der Waals surface area contributed by atoms with Crippen molar-refractivity contribution in [3.05, 3.63) is 47.5 Å². The normalized spacial score (nSPS) is 17.6. The number of rotatable bonds is 9. The van der Waals surface area contributed by atoms with E-state index in [1.807, 2.05) is 0 Å². The van der Waals surface area contributed by atoms with E-state index in [2.05, 4.69) is 57.7 Å². The molecule has 0 unspecified atom stereocenters. The fourth-order valence-corrected chi connectivity index (χ4v) is 7.28. The highest BCUT2D eigenvalue weighted by atomic mass is 17.2. The number of aromatic nitrogens is 1. The standard InChI is InChI=1S/C34H45N3O4/c1-3-17-36(23-31(38)35-18-8-5-9-19-35)29-14-10-13-28-33-32(26-11-6-4-7-12-26)27-16-15-25(24-41-39-2)22-30(27)37(33)20-21-40-34(28)29/h10,13-16,22,26H,3-9,11-12,17-21,23-24H2,1-2H3. The molecule has 1 aliphatic carbocycles. The Bertz CT molecular complexity index is 1350. The second kappa shape index (κ2) is 12.9. The van der Waals surface area contributed by atoms with E-state index in [4.69, 9.17) is 14.5 Å². The molecule has 0 spiro atoms. The van der Waals surface area contributed by atoms with Crippen molar-refractivity contribution >= 4 is 22.5 Å². The van der Waals surface area contributed by atoms with Gasteiger partial charge in [0.15, 0.2) is 5.75 Å². The molecule has 0 N–H and O–H groups in total. The lowest BCUT2D eigenvalue weighted by atomic mass is 9.81. The van der Waals surface area contributed by atoms with Crippen LogP contribution in [0.25, 0.3) is 22.2 Å².